The summed E-state index contributed by atoms with van der Waals surface area (Å²) in [7, 11) is 0. The topological polar surface area (TPSA) is 78.2 Å². The van der Waals surface area contributed by atoms with Gasteiger partial charge in [-0.2, -0.15) is 0 Å². The first kappa shape index (κ1) is 14.3. The van der Waals surface area contributed by atoms with Gasteiger partial charge in [0.05, 0.1) is 15.7 Å². The Balaban J connectivity index is 1.99. The summed E-state index contributed by atoms with van der Waals surface area (Å²) in [5.41, 5.74) is 2.78. The highest BCUT2D eigenvalue weighted by atomic mass is 32.1. The maximum atomic E-state index is 13.7. The van der Waals surface area contributed by atoms with Crippen molar-refractivity contribution in [3.8, 4) is 5.75 Å². The molecule has 22 heavy (non-hydrogen) atoms. The molecule has 1 aromatic carbocycles. The highest BCUT2D eigenvalue weighted by Gasteiger charge is 2.21. The van der Waals surface area contributed by atoms with E-state index < -0.39 is 16.8 Å². The second-order valence-corrected chi connectivity index (χ2v) is 5.42. The molecule has 112 valence electrons. The third-order valence-electron chi connectivity index (χ3n) is 3.10. The molecule has 0 bridgehead atoms. The van der Waals surface area contributed by atoms with Gasteiger partial charge in [-0.3, -0.25) is 0 Å². The van der Waals surface area contributed by atoms with Crippen molar-refractivity contribution in [3.05, 3.63) is 57.5 Å². The van der Waals surface area contributed by atoms with E-state index in [1.807, 2.05) is 0 Å². The third-order valence-corrected chi connectivity index (χ3v) is 3.87. The number of fused-ring (bicyclic) bond motifs is 1. The Morgan fingerprint density at radius 1 is 1.41 bits per heavy atom. The molecule has 0 aliphatic heterocycles. The molecule has 3 aromatic rings. The monoisotopic (exact) mass is 319 g/mol. The standard InChI is InChI=1S/C14H10FN3O3S/c1-8(21-11-3-2-4-16-14(11)18(19)20)10-5-9(15)6-12-13(10)17-7-22-12/h2-8H,1H3/t8-/m1/s1. The van der Waals surface area contributed by atoms with Crippen LogP contribution in [0.15, 0.2) is 36.0 Å². The Morgan fingerprint density at radius 3 is 3.00 bits per heavy atom. The summed E-state index contributed by atoms with van der Waals surface area (Å²) in [4.78, 5) is 18.2. The number of nitrogens with zero attached hydrogens (tertiary/aromatic N) is 3. The Bertz CT molecular complexity index is 852. The van der Waals surface area contributed by atoms with Crippen LogP contribution < -0.4 is 4.74 Å². The number of pyridine rings is 1. The lowest BCUT2D eigenvalue weighted by Crippen LogP contribution is -2.07. The lowest BCUT2D eigenvalue weighted by molar-refractivity contribution is -0.390. The summed E-state index contributed by atoms with van der Waals surface area (Å²) in [5, 5.41) is 11.0. The lowest BCUT2D eigenvalue weighted by atomic mass is 10.1. The van der Waals surface area contributed by atoms with Crippen LogP contribution >= 0.6 is 11.3 Å². The summed E-state index contributed by atoms with van der Waals surface area (Å²) >= 11 is 1.32. The SMILES string of the molecule is C[C@@H](Oc1cccnc1[N+](=O)[O-])c1cc(F)cc2scnc12. The van der Waals surface area contributed by atoms with Crippen molar-refractivity contribution in [2.75, 3.05) is 0 Å². The van der Waals surface area contributed by atoms with Crippen molar-refractivity contribution >= 4 is 27.4 Å². The summed E-state index contributed by atoms with van der Waals surface area (Å²) in [6.07, 6.45) is 0.708. The van der Waals surface area contributed by atoms with Gasteiger partial charge in [-0.05, 0) is 41.1 Å². The summed E-state index contributed by atoms with van der Waals surface area (Å²) in [6, 6.07) is 5.73. The number of aromatic nitrogens is 2. The Morgan fingerprint density at radius 2 is 2.23 bits per heavy atom. The van der Waals surface area contributed by atoms with Crippen LogP contribution in [-0.4, -0.2) is 14.9 Å². The Hall–Kier alpha value is -2.61. The van der Waals surface area contributed by atoms with E-state index >= 15 is 0 Å². The number of halogens is 1. The smallest absolute Gasteiger partial charge is 0.406 e. The molecule has 0 spiro atoms. The zero-order valence-electron chi connectivity index (χ0n) is 11.4. The minimum absolute atomic E-state index is 0.0349. The van der Waals surface area contributed by atoms with Crippen molar-refractivity contribution in [1.82, 2.24) is 9.97 Å². The van der Waals surface area contributed by atoms with E-state index in [0.717, 1.165) is 0 Å². The van der Waals surface area contributed by atoms with Gasteiger partial charge in [0.25, 0.3) is 0 Å². The lowest BCUT2D eigenvalue weighted by Gasteiger charge is -2.15. The van der Waals surface area contributed by atoms with Crippen LogP contribution in [0, 0.1) is 15.9 Å². The minimum Gasteiger partial charge on any atom is -0.478 e. The fourth-order valence-corrected chi connectivity index (χ4v) is 2.87. The molecule has 0 fully saturated rings. The van der Waals surface area contributed by atoms with Crippen LogP contribution in [0.3, 0.4) is 0 Å². The first-order chi connectivity index (χ1) is 10.6. The third kappa shape index (κ3) is 2.60. The largest absolute Gasteiger partial charge is 0.478 e. The molecule has 0 unspecified atom stereocenters. The number of hydrogen-bond acceptors (Lipinski definition) is 6. The van der Waals surface area contributed by atoms with Crippen LogP contribution in [-0.2, 0) is 0 Å². The molecular formula is C14H10FN3O3S. The van der Waals surface area contributed by atoms with Gasteiger partial charge in [-0.15, -0.1) is 11.3 Å². The van der Waals surface area contributed by atoms with Crippen LogP contribution in [0.5, 0.6) is 5.75 Å². The predicted molar refractivity (Wildman–Crippen MR) is 79.5 cm³/mol. The van der Waals surface area contributed by atoms with Gasteiger partial charge in [0.2, 0.25) is 5.75 Å². The molecule has 0 aliphatic carbocycles. The molecule has 0 aliphatic rings. The number of hydrogen-bond donors (Lipinski definition) is 0. The maximum Gasteiger partial charge on any atom is 0.406 e. The fraction of sp³-hybridized carbons (Fsp3) is 0.143. The van der Waals surface area contributed by atoms with Gasteiger partial charge in [-0.25, -0.2) is 9.37 Å². The molecule has 2 aromatic heterocycles. The van der Waals surface area contributed by atoms with Crippen molar-refractivity contribution in [3.63, 3.8) is 0 Å². The molecule has 3 rings (SSSR count). The summed E-state index contributed by atoms with van der Waals surface area (Å²) in [6.45, 7) is 1.68. The number of thiazole rings is 1. The van der Waals surface area contributed by atoms with Crippen molar-refractivity contribution in [2.45, 2.75) is 13.0 Å². The molecule has 6 nitrogen and oxygen atoms in total. The van der Waals surface area contributed by atoms with E-state index in [1.54, 1.807) is 18.5 Å². The number of nitro groups is 1. The molecule has 0 saturated carbocycles. The normalized spacial score (nSPS) is 12.3. The van der Waals surface area contributed by atoms with E-state index in [2.05, 4.69) is 9.97 Å². The van der Waals surface area contributed by atoms with E-state index in [1.165, 1.54) is 35.7 Å². The van der Waals surface area contributed by atoms with E-state index in [0.29, 0.717) is 15.8 Å². The first-order valence-corrected chi connectivity index (χ1v) is 7.23. The second kappa shape index (κ2) is 5.64. The second-order valence-electron chi connectivity index (χ2n) is 4.54. The highest BCUT2D eigenvalue weighted by molar-refractivity contribution is 7.16. The van der Waals surface area contributed by atoms with Gasteiger partial charge < -0.3 is 14.9 Å². The number of benzene rings is 1. The molecule has 0 amide bonds. The molecule has 2 heterocycles. The first-order valence-electron chi connectivity index (χ1n) is 6.35. The summed E-state index contributed by atoms with van der Waals surface area (Å²) in [5.74, 6) is -0.740. The van der Waals surface area contributed by atoms with E-state index in [9.17, 15) is 14.5 Å². The van der Waals surface area contributed by atoms with Gasteiger partial charge in [-0.1, -0.05) is 0 Å². The summed E-state index contributed by atoms with van der Waals surface area (Å²) < 4.78 is 20.0. The van der Waals surface area contributed by atoms with Gasteiger partial charge in [0.15, 0.2) is 0 Å². The fourth-order valence-electron chi connectivity index (χ4n) is 2.13. The molecule has 0 radical (unpaired) electrons. The van der Waals surface area contributed by atoms with Gasteiger partial charge in [0, 0.05) is 5.56 Å². The average molecular weight is 319 g/mol. The van der Waals surface area contributed by atoms with Crippen molar-refractivity contribution in [2.24, 2.45) is 0 Å². The van der Waals surface area contributed by atoms with Crippen LogP contribution in [0.1, 0.15) is 18.6 Å². The molecule has 8 heteroatoms. The highest BCUT2D eigenvalue weighted by Crippen LogP contribution is 2.32. The number of rotatable bonds is 4. The minimum atomic E-state index is -0.619. The van der Waals surface area contributed by atoms with E-state index in [4.69, 9.17) is 4.74 Å². The zero-order chi connectivity index (χ0) is 15.7. The van der Waals surface area contributed by atoms with Crippen LogP contribution in [0.4, 0.5) is 10.2 Å². The molecule has 0 N–H and O–H groups in total. The van der Waals surface area contributed by atoms with Crippen LogP contribution in [0.2, 0.25) is 0 Å². The molecule has 1 atom stereocenters. The number of ether oxygens (including phenoxy) is 1. The van der Waals surface area contributed by atoms with E-state index in [-0.39, 0.29) is 11.6 Å². The average Bonchev–Trinajstić information content (AvgIpc) is 2.94. The Kier molecular flexibility index (Phi) is 3.68. The van der Waals surface area contributed by atoms with Crippen molar-refractivity contribution in [1.29, 1.82) is 0 Å². The molecule has 0 saturated heterocycles. The quantitative estimate of drug-likeness (QED) is 0.538. The van der Waals surface area contributed by atoms with Gasteiger partial charge in [0.1, 0.15) is 18.1 Å². The zero-order valence-corrected chi connectivity index (χ0v) is 12.2. The van der Waals surface area contributed by atoms with Crippen LogP contribution in [0.25, 0.3) is 10.2 Å². The molecular weight excluding hydrogens is 309 g/mol. The maximum absolute atomic E-state index is 13.7. The van der Waals surface area contributed by atoms with Crippen molar-refractivity contribution < 1.29 is 14.1 Å². The van der Waals surface area contributed by atoms with Gasteiger partial charge >= 0.3 is 5.82 Å². The Labute approximate surface area is 128 Å². The predicted octanol–water partition coefficient (Wildman–Crippen LogP) is 3.88.